The zero-order chi connectivity index (χ0) is 31.3. The number of nitrogens with zero attached hydrogens (tertiary/aromatic N) is 1. The summed E-state index contributed by atoms with van der Waals surface area (Å²) in [4.78, 5) is 55.6. The highest BCUT2D eigenvalue weighted by molar-refractivity contribution is 9.10. The van der Waals surface area contributed by atoms with Crippen molar-refractivity contribution in [3.05, 3.63) is 39.9 Å². The average Bonchev–Trinajstić information content (AvgIpc) is 3.01. The lowest BCUT2D eigenvalue weighted by Crippen LogP contribution is -2.63. The third-order valence-corrected chi connectivity index (χ3v) is 9.99. The lowest BCUT2D eigenvalue weighted by atomic mass is 9.88. The van der Waals surface area contributed by atoms with Gasteiger partial charge in [-0.2, -0.15) is 0 Å². The van der Waals surface area contributed by atoms with E-state index in [1.54, 1.807) is 26.0 Å². The molecule has 1 fully saturated rings. The molecule has 43 heavy (non-hydrogen) atoms. The Kier molecular flexibility index (Phi) is 11.0. The van der Waals surface area contributed by atoms with Crippen LogP contribution in [-0.2, 0) is 14.2 Å². The first-order valence-electron chi connectivity index (χ1n) is 14.9. The highest BCUT2D eigenvalue weighted by Gasteiger charge is 2.52. The largest absolute Gasteiger partial charge is 0.506 e. The average molecular weight is 677 g/mol. The van der Waals surface area contributed by atoms with E-state index in [1.807, 2.05) is 0 Å². The molecule has 2 aliphatic rings. The molecule has 2 heterocycles. The number of aliphatic hydroxyl groups excluding tert-OH is 1. The molecule has 2 aromatic carbocycles. The number of carbonyl (C=O) groups is 4. The number of hydrogen-bond donors (Lipinski definition) is 4. The second-order valence-electron chi connectivity index (χ2n) is 11.8. The summed E-state index contributed by atoms with van der Waals surface area (Å²) in [6.45, 7) is 3.06. The van der Waals surface area contributed by atoms with Gasteiger partial charge in [-0.1, -0.05) is 70.9 Å². The Bertz CT molecular complexity index is 1420. The lowest BCUT2D eigenvalue weighted by Gasteiger charge is -2.38. The molecule has 0 radical (unpaired) electrons. The van der Waals surface area contributed by atoms with Crippen molar-refractivity contribution in [1.82, 2.24) is 15.5 Å². The highest BCUT2D eigenvalue weighted by Crippen LogP contribution is 2.41. The van der Waals surface area contributed by atoms with Crippen molar-refractivity contribution in [3.8, 4) is 5.75 Å². The predicted molar refractivity (Wildman–Crippen MR) is 166 cm³/mol. The van der Waals surface area contributed by atoms with Crippen LogP contribution in [0.15, 0.2) is 28.7 Å². The monoisotopic (exact) mass is 675 g/mol. The first kappa shape index (κ1) is 33.0. The van der Waals surface area contributed by atoms with Crippen molar-refractivity contribution in [2.75, 3.05) is 13.1 Å². The summed E-state index contributed by atoms with van der Waals surface area (Å²) in [5.41, 5.74) is 0.237. The van der Waals surface area contributed by atoms with Crippen molar-refractivity contribution < 1.29 is 34.0 Å². The Labute approximate surface area is 261 Å². The van der Waals surface area contributed by atoms with Gasteiger partial charge in [0.25, 0.3) is 11.8 Å². The third kappa shape index (κ3) is 6.79. The van der Waals surface area contributed by atoms with Crippen molar-refractivity contribution >= 4 is 58.8 Å². The van der Waals surface area contributed by atoms with E-state index < -0.39 is 55.9 Å². The van der Waals surface area contributed by atoms with E-state index in [0.29, 0.717) is 24.8 Å². The van der Waals surface area contributed by atoms with Gasteiger partial charge in [0.1, 0.15) is 11.8 Å². The number of phenolic OH excluding ortho intramolecular Hbond substituents is 1. The zero-order valence-electron chi connectivity index (χ0n) is 24.5. The number of aromatic hydroxyl groups is 1. The number of nitrogens with one attached hydrogen (secondary N) is 2. The van der Waals surface area contributed by atoms with E-state index in [1.165, 1.54) is 12.1 Å². The van der Waals surface area contributed by atoms with Crippen LogP contribution in [-0.4, -0.2) is 69.1 Å². The Morgan fingerprint density at radius 2 is 1.70 bits per heavy atom. The maximum atomic E-state index is 14.1. The molecule has 4 N–H and O–H groups in total. The number of rotatable bonds is 7. The van der Waals surface area contributed by atoms with E-state index in [4.69, 9.17) is 0 Å². The van der Waals surface area contributed by atoms with Gasteiger partial charge in [0, 0.05) is 22.9 Å². The van der Waals surface area contributed by atoms with Gasteiger partial charge in [-0.25, -0.2) is 0 Å². The Hall–Kier alpha value is -2.88. The Morgan fingerprint density at radius 3 is 2.35 bits per heavy atom. The number of aliphatic hydroxyl groups is 1. The maximum absolute atomic E-state index is 14.1. The highest BCUT2D eigenvalue weighted by atomic mass is 79.9. The molecule has 0 saturated carbocycles. The second kappa shape index (κ2) is 14.3. The molecule has 2 aliphatic heterocycles. The van der Waals surface area contributed by atoms with E-state index in [9.17, 15) is 34.0 Å². The molecule has 4 rings (SSSR count). The van der Waals surface area contributed by atoms with Crippen LogP contribution in [0.2, 0.25) is 0 Å². The van der Waals surface area contributed by atoms with Gasteiger partial charge >= 0.3 is 0 Å². The van der Waals surface area contributed by atoms with E-state index in [2.05, 4.69) is 26.6 Å². The predicted octanol–water partition coefficient (Wildman–Crippen LogP) is 5.08. The molecule has 10 nitrogen and oxygen atoms in total. The number of halogens is 1. The van der Waals surface area contributed by atoms with Crippen LogP contribution in [0.4, 0.5) is 0 Å². The fraction of sp³-hybridized carbons (Fsp3) is 0.548. The smallest absolute Gasteiger partial charge is 0.261 e. The standard InChI is InChI=1S/C31H39BrN3O7P/c1-18(2)26(37)31(43-42,30(41)34-23-14-9-7-5-3-4-6-8-10-15-33-27(23)38)17-35-28(39)20-13-11-12-19-24(20)21(29(35)40)16-22(32)25(19)36/h11-13,16,18,23,26,36-37H,3-10,14-15,17H2,1-2H3,(H,33,38)(H,34,41). The van der Waals surface area contributed by atoms with Gasteiger partial charge < -0.3 is 20.8 Å². The molecule has 1 saturated heterocycles. The summed E-state index contributed by atoms with van der Waals surface area (Å²) < 4.78 is 13.2. The molecule has 0 bridgehead atoms. The zero-order valence-corrected chi connectivity index (χ0v) is 27.0. The van der Waals surface area contributed by atoms with Crippen molar-refractivity contribution in [2.45, 2.75) is 88.9 Å². The third-order valence-electron chi connectivity index (χ3n) is 8.45. The van der Waals surface area contributed by atoms with Gasteiger partial charge in [-0.15, -0.1) is 0 Å². The second-order valence-corrected chi connectivity index (χ2v) is 13.7. The summed E-state index contributed by atoms with van der Waals surface area (Å²) in [6, 6.07) is 5.13. The van der Waals surface area contributed by atoms with Gasteiger partial charge in [-0.05, 0) is 46.8 Å². The molecule has 2 aromatic rings. The molecule has 232 valence electrons. The number of phenols is 1. The van der Waals surface area contributed by atoms with Crippen LogP contribution in [0.3, 0.4) is 0 Å². The van der Waals surface area contributed by atoms with E-state index in [0.717, 1.165) is 49.8 Å². The molecule has 3 atom stereocenters. The molecular formula is C31H39BrN3O7P. The lowest BCUT2D eigenvalue weighted by molar-refractivity contribution is -0.133. The SMILES string of the molecule is CC(C)C(O)C(CN1C(=O)c2cccc3c(O)c(Br)cc(c23)C1=O)(P=O)C(=O)NC1CCCCCCCCCCNC1=O. The Morgan fingerprint density at radius 1 is 1.07 bits per heavy atom. The van der Waals surface area contributed by atoms with Gasteiger partial charge in [0.05, 0.1) is 22.7 Å². The van der Waals surface area contributed by atoms with Gasteiger partial charge in [0.15, 0.2) is 13.6 Å². The van der Waals surface area contributed by atoms with Crippen LogP contribution in [0.1, 0.15) is 92.4 Å². The van der Waals surface area contributed by atoms with E-state index >= 15 is 0 Å². The van der Waals surface area contributed by atoms with Gasteiger partial charge in [0.2, 0.25) is 11.8 Å². The normalized spacial score (nSPS) is 21.0. The topological polar surface area (TPSA) is 153 Å². The minimum absolute atomic E-state index is 0.111. The van der Waals surface area contributed by atoms with Crippen LogP contribution in [0.5, 0.6) is 5.75 Å². The van der Waals surface area contributed by atoms with Crippen molar-refractivity contribution in [2.24, 2.45) is 5.92 Å². The molecule has 0 aromatic heterocycles. The Balaban J connectivity index is 1.68. The summed E-state index contributed by atoms with van der Waals surface area (Å²) in [7, 11) is -0.812. The minimum atomic E-state index is -2.15. The number of hydrogen-bond acceptors (Lipinski definition) is 7. The minimum Gasteiger partial charge on any atom is -0.506 e. The van der Waals surface area contributed by atoms with Crippen LogP contribution >= 0.6 is 24.4 Å². The number of amides is 4. The van der Waals surface area contributed by atoms with Crippen molar-refractivity contribution in [1.29, 1.82) is 0 Å². The number of benzene rings is 2. The maximum Gasteiger partial charge on any atom is 0.261 e. The first-order valence-corrected chi connectivity index (χ1v) is 16.6. The van der Waals surface area contributed by atoms with Gasteiger partial charge in [-0.3, -0.25) is 28.6 Å². The fourth-order valence-electron chi connectivity index (χ4n) is 5.95. The van der Waals surface area contributed by atoms with Crippen LogP contribution in [0, 0.1) is 5.92 Å². The molecular weight excluding hydrogens is 637 g/mol. The van der Waals surface area contributed by atoms with Crippen LogP contribution < -0.4 is 10.6 Å². The molecule has 3 unspecified atom stereocenters. The quantitative estimate of drug-likeness (QED) is 0.236. The fourth-order valence-corrected chi connectivity index (χ4v) is 7.14. The van der Waals surface area contributed by atoms with E-state index in [-0.39, 0.29) is 32.6 Å². The molecule has 0 aliphatic carbocycles. The number of imide groups is 1. The summed E-state index contributed by atoms with van der Waals surface area (Å²) >= 11 is 3.26. The molecule has 0 spiro atoms. The number of carbonyl (C=O) groups excluding carboxylic acids is 4. The molecule has 12 heteroatoms. The first-order chi connectivity index (χ1) is 20.5. The molecule has 4 amide bonds. The summed E-state index contributed by atoms with van der Waals surface area (Å²) in [5.74, 6) is -3.46. The van der Waals surface area contributed by atoms with Crippen LogP contribution in [0.25, 0.3) is 10.8 Å². The van der Waals surface area contributed by atoms with Crippen molar-refractivity contribution in [3.63, 3.8) is 0 Å². The summed E-state index contributed by atoms with van der Waals surface area (Å²) in [6.07, 6.45) is 6.63. The summed E-state index contributed by atoms with van der Waals surface area (Å²) in [5, 5.41) is 25.9.